The van der Waals surface area contributed by atoms with Crippen LogP contribution in [0, 0.1) is 10.1 Å². The summed E-state index contributed by atoms with van der Waals surface area (Å²) in [5.74, 6) is 1.32. The number of aromatic nitrogens is 3. The Morgan fingerprint density at radius 2 is 2.22 bits per heavy atom. The standard InChI is InChI=1S/C11H10N4O3/c16-9-4-3-7(5-8(9)15(17)18)11-12-10(13-14-11)6-1-2-6/h3-6,16H,1-2H2,(H,12,13,14). The SMILES string of the molecule is O=[N+]([O-])c1cc(-c2n[nH]c(C3CC3)n2)ccc1O. The number of phenolic OH excluding ortho intramolecular Hbond substituents is 1. The van der Waals surface area contributed by atoms with Gasteiger partial charge in [-0.3, -0.25) is 15.2 Å². The summed E-state index contributed by atoms with van der Waals surface area (Å²) in [5.41, 5.74) is 0.174. The number of nitro groups is 1. The maximum absolute atomic E-state index is 10.7. The Kier molecular flexibility index (Phi) is 2.26. The molecule has 0 saturated heterocycles. The summed E-state index contributed by atoms with van der Waals surface area (Å²) in [5, 5.41) is 27.0. The van der Waals surface area contributed by atoms with Crippen molar-refractivity contribution in [2.45, 2.75) is 18.8 Å². The van der Waals surface area contributed by atoms with E-state index in [4.69, 9.17) is 0 Å². The van der Waals surface area contributed by atoms with E-state index in [1.165, 1.54) is 12.1 Å². The molecule has 1 heterocycles. The predicted molar refractivity (Wildman–Crippen MR) is 62.1 cm³/mol. The van der Waals surface area contributed by atoms with Gasteiger partial charge in [-0.25, -0.2) is 4.98 Å². The highest BCUT2D eigenvalue weighted by Gasteiger charge is 2.27. The molecule has 0 bridgehead atoms. The van der Waals surface area contributed by atoms with Gasteiger partial charge in [0.15, 0.2) is 11.6 Å². The lowest BCUT2D eigenvalue weighted by molar-refractivity contribution is -0.385. The third-order valence-electron chi connectivity index (χ3n) is 2.90. The number of aromatic amines is 1. The van der Waals surface area contributed by atoms with E-state index in [-0.39, 0.29) is 11.4 Å². The quantitative estimate of drug-likeness (QED) is 0.636. The van der Waals surface area contributed by atoms with Gasteiger partial charge in [0.2, 0.25) is 0 Å². The molecule has 18 heavy (non-hydrogen) atoms. The Morgan fingerprint density at radius 3 is 2.89 bits per heavy atom. The van der Waals surface area contributed by atoms with Gasteiger partial charge in [-0.05, 0) is 25.0 Å². The summed E-state index contributed by atoms with van der Waals surface area (Å²) < 4.78 is 0. The first-order chi connectivity index (χ1) is 8.65. The van der Waals surface area contributed by atoms with E-state index in [0.29, 0.717) is 17.3 Å². The molecular weight excluding hydrogens is 236 g/mol. The van der Waals surface area contributed by atoms with Crippen molar-refractivity contribution < 1.29 is 10.0 Å². The molecule has 0 unspecified atom stereocenters. The molecule has 0 amide bonds. The van der Waals surface area contributed by atoms with Crippen molar-refractivity contribution in [2.24, 2.45) is 0 Å². The van der Waals surface area contributed by atoms with Crippen LogP contribution in [0.5, 0.6) is 5.75 Å². The van der Waals surface area contributed by atoms with Gasteiger partial charge in [0.05, 0.1) is 4.92 Å². The minimum Gasteiger partial charge on any atom is -0.502 e. The molecule has 1 saturated carbocycles. The summed E-state index contributed by atoms with van der Waals surface area (Å²) in [7, 11) is 0. The molecule has 0 atom stereocenters. The molecule has 0 spiro atoms. The maximum atomic E-state index is 10.7. The highest BCUT2D eigenvalue weighted by atomic mass is 16.6. The molecule has 7 nitrogen and oxygen atoms in total. The van der Waals surface area contributed by atoms with Crippen LogP contribution in [0.3, 0.4) is 0 Å². The van der Waals surface area contributed by atoms with Crippen LogP contribution in [0.1, 0.15) is 24.6 Å². The number of nitro benzene ring substituents is 1. The van der Waals surface area contributed by atoms with Crippen molar-refractivity contribution in [3.8, 4) is 17.1 Å². The van der Waals surface area contributed by atoms with Crippen molar-refractivity contribution in [2.75, 3.05) is 0 Å². The first-order valence-corrected chi connectivity index (χ1v) is 5.55. The predicted octanol–water partition coefficient (Wildman–Crippen LogP) is 1.96. The van der Waals surface area contributed by atoms with Crippen molar-refractivity contribution >= 4 is 5.69 Å². The monoisotopic (exact) mass is 246 g/mol. The van der Waals surface area contributed by atoms with Gasteiger partial charge in [-0.15, -0.1) is 0 Å². The minimum atomic E-state index is -0.632. The number of hydrogen-bond acceptors (Lipinski definition) is 5. The van der Waals surface area contributed by atoms with Crippen LogP contribution < -0.4 is 0 Å². The fourth-order valence-electron chi connectivity index (χ4n) is 1.75. The van der Waals surface area contributed by atoms with Gasteiger partial charge < -0.3 is 5.11 Å². The number of aromatic hydroxyl groups is 1. The number of H-pyrrole nitrogens is 1. The lowest BCUT2D eigenvalue weighted by atomic mass is 10.2. The van der Waals surface area contributed by atoms with Gasteiger partial charge in [-0.2, -0.15) is 5.10 Å². The largest absolute Gasteiger partial charge is 0.502 e. The zero-order chi connectivity index (χ0) is 12.7. The fraction of sp³-hybridized carbons (Fsp3) is 0.273. The summed E-state index contributed by atoms with van der Waals surface area (Å²) in [6.07, 6.45) is 2.20. The van der Waals surface area contributed by atoms with Gasteiger partial charge in [0.25, 0.3) is 0 Å². The smallest absolute Gasteiger partial charge is 0.311 e. The molecule has 3 rings (SSSR count). The van der Waals surface area contributed by atoms with E-state index in [1.54, 1.807) is 6.07 Å². The van der Waals surface area contributed by atoms with E-state index < -0.39 is 4.92 Å². The van der Waals surface area contributed by atoms with Crippen LogP contribution in [0.2, 0.25) is 0 Å². The molecule has 1 aliphatic rings. The zero-order valence-corrected chi connectivity index (χ0v) is 9.33. The molecule has 2 N–H and O–H groups in total. The van der Waals surface area contributed by atoms with Crippen LogP contribution in [0.4, 0.5) is 5.69 Å². The fourth-order valence-corrected chi connectivity index (χ4v) is 1.75. The topological polar surface area (TPSA) is 105 Å². The lowest BCUT2D eigenvalue weighted by Crippen LogP contribution is -1.90. The van der Waals surface area contributed by atoms with E-state index in [2.05, 4.69) is 15.2 Å². The third-order valence-corrected chi connectivity index (χ3v) is 2.90. The Balaban J connectivity index is 1.99. The van der Waals surface area contributed by atoms with Gasteiger partial charge in [0, 0.05) is 17.5 Å². The Bertz CT molecular complexity index is 619. The average molecular weight is 246 g/mol. The molecule has 7 heteroatoms. The molecule has 0 aliphatic heterocycles. The second kappa shape index (κ2) is 3.80. The summed E-state index contributed by atoms with van der Waals surface area (Å²) in [6, 6.07) is 4.11. The molecular formula is C11H10N4O3. The summed E-state index contributed by atoms with van der Waals surface area (Å²) >= 11 is 0. The van der Waals surface area contributed by atoms with Crippen LogP contribution in [0.15, 0.2) is 18.2 Å². The van der Waals surface area contributed by atoms with E-state index in [1.807, 2.05) is 0 Å². The Labute approximate surface area is 102 Å². The second-order valence-corrected chi connectivity index (χ2v) is 4.28. The van der Waals surface area contributed by atoms with Crippen molar-refractivity contribution in [1.29, 1.82) is 0 Å². The first-order valence-electron chi connectivity index (χ1n) is 5.55. The van der Waals surface area contributed by atoms with Gasteiger partial charge in [0.1, 0.15) is 5.82 Å². The molecule has 1 aromatic heterocycles. The second-order valence-electron chi connectivity index (χ2n) is 4.28. The molecule has 2 aromatic rings. The average Bonchev–Trinajstić information content (AvgIpc) is 3.08. The number of phenols is 1. The zero-order valence-electron chi connectivity index (χ0n) is 9.33. The van der Waals surface area contributed by atoms with Crippen molar-refractivity contribution in [3.63, 3.8) is 0 Å². The summed E-state index contributed by atoms with van der Waals surface area (Å²) in [4.78, 5) is 14.4. The molecule has 92 valence electrons. The number of rotatable bonds is 3. The maximum Gasteiger partial charge on any atom is 0.311 e. The van der Waals surface area contributed by atoms with Crippen LogP contribution in [-0.2, 0) is 0 Å². The van der Waals surface area contributed by atoms with Gasteiger partial charge >= 0.3 is 5.69 Å². The first kappa shape index (κ1) is 10.7. The highest BCUT2D eigenvalue weighted by Crippen LogP contribution is 2.38. The van der Waals surface area contributed by atoms with Gasteiger partial charge in [-0.1, -0.05) is 0 Å². The number of nitrogens with zero attached hydrogens (tertiary/aromatic N) is 3. The normalized spacial score (nSPS) is 14.7. The van der Waals surface area contributed by atoms with E-state index in [0.717, 1.165) is 18.7 Å². The van der Waals surface area contributed by atoms with E-state index >= 15 is 0 Å². The third kappa shape index (κ3) is 1.79. The summed E-state index contributed by atoms with van der Waals surface area (Å²) in [6.45, 7) is 0. The molecule has 1 aromatic carbocycles. The molecule has 1 fully saturated rings. The minimum absolute atomic E-state index is 0.342. The van der Waals surface area contributed by atoms with Crippen LogP contribution in [0.25, 0.3) is 11.4 Å². The van der Waals surface area contributed by atoms with Crippen molar-refractivity contribution in [3.05, 3.63) is 34.1 Å². The van der Waals surface area contributed by atoms with Crippen LogP contribution >= 0.6 is 0 Å². The van der Waals surface area contributed by atoms with E-state index in [9.17, 15) is 15.2 Å². The molecule has 0 radical (unpaired) electrons. The van der Waals surface area contributed by atoms with Crippen LogP contribution in [-0.4, -0.2) is 25.2 Å². The van der Waals surface area contributed by atoms with Crippen molar-refractivity contribution in [1.82, 2.24) is 15.2 Å². The number of benzene rings is 1. The number of hydrogen-bond donors (Lipinski definition) is 2. The lowest BCUT2D eigenvalue weighted by Gasteiger charge is -1.98. The number of nitrogens with one attached hydrogen (secondary N) is 1. The Morgan fingerprint density at radius 1 is 1.44 bits per heavy atom. The Hall–Kier alpha value is -2.44. The highest BCUT2D eigenvalue weighted by molar-refractivity contribution is 5.63. The molecule has 1 aliphatic carbocycles.